The number of hydrogen-bond donors (Lipinski definition) is 1. The first-order valence-electron chi connectivity index (χ1n) is 5.85. The first kappa shape index (κ1) is 11.5. The maximum absolute atomic E-state index is 9.93. The number of rotatable bonds is 5. The fraction of sp³-hybridized carbons (Fsp3) is 0.667. The Labute approximate surface area is 95.7 Å². The van der Waals surface area contributed by atoms with Crippen LogP contribution in [0.3, 0.4) is 0 Å². The van der Waals surface area contributed by atoms with Crippen molar-refractivity contribution >= 4 is 0 Å². The number of aromatic nitrogens is 2. The van der Waals surface area contributed by atoms with E-state index in [0.717, 1.165) is 25.9 Å². The van der Waals surface area contributed by atoms with Crippen LogP contribution < -0.4 is 0 Å². The first-order valence-corrected chi connectivity index (χ1v) is 5.85. The smallest absolute Gasteiger partial charge is 0.0978 e. The highest BCUT2D eigenvalue weighted by atomic mass is 16.5. The third-order valence-corrected chi connectivity index (χ3v) is 3.08. The Bertz CT molecular complexity index is 312. The highest BCUT2D eigenvalue weighted by Crippen LogP contribution is 2.36. The van der Waals surface area contributed by atoms with Crippen molar-refractivity contribution in [2.24, 2.45) is 5.92 Å². The van der Waals surface area contributed by atoms with Crippen molar-refractivity contribution in [2.75, 3.05) is 6.61 Å². The molecule has 0 spiro atoms. The highest BCUT2D eigenvalue weighted by Gasteiger charge is 2.31. The number of hydrogen-bond acceptors (Lipinski definition) is 4. The van der Waals surface area contributed by atoms with Crippen molar-refractivity contribution in [3.05, 3.63) is 24.3 Å². The van der Waals surface area contributed by atoms with Gasteiger partial charge in [0.1, 0.15) is 0 Å². The van der Waals surface area contributed by atoms with Gasteiger partial charge in [0.2, 0.25) is 0 Å². The lowest BCUT2D eigenvalue weighted by Gasteiger charge is -2.35. The zero-order valence-corrected chi connectivity index (χ0v) is 9.54. The molecule has 1 aliphatic carbocycles. The van der Waals surface area contributed by atoms with Gasteiger partial charge in [0, 0.05) is 19.0 Å². The third-order valence-electron chi connectivity index (χ3n) is 3.08. The topological polar surface area (TPSA) is 55.2 Å². The van der Waals surface area contributed by atoms with Gasteiger partial charge in [-0.25, -0.2) is 0 Å². The average Bonchev–Trinajstić information content (AvgIpc) is 2.27. The summed E-state index contributed by atoms with van der Waals surface area (Å²) >= 11 is 0. The van der Waals surface area contributed by atoms with Gasteiger partial charge in [-0.3, -0.25) is 9.97 Å². The van der Waals surface area contributed by atoms with Crippen LogP contribution in [0.15, 0.2) is 18.6 Å². The second kappa shape index (κ2) is 5.37. The molecule has 1 aliphatic rings. The molecule has 1 heterocycles. The molecule has 16 heavy (non-hydrogen) atoms. The summed E-state index contributed by atoms with van der Waals surface area (Å²) in [6.07, 6.45) is 7.67. The van der Waals surface area contributed by atoms with Crippen LogP contribution in [-0.2, 0) is 4.74 Å². The summed E-state index contributed by atoms with van der Waals surface area (Å²) in [6, 6.07) is 0. The van der Waals surface area contributed by atoms with E-state index in [1.807, 2.05) is 6.92 Å². The second-order valence-electron chi connectivity index (χ2n) is 4.30. The zero-order valence-electron chi connectivity index (χ0n) is 9.54. The number of nitrogens with zero attached hydrogens (tertiary/aromatic N) is 2. The standard InChI is InChI=1S/C12H18N2O2/c1-2-16-10-5-9(6-10)7-12(15)11-8-13-3-4-14-11/h3-4,8-10,12,15H,2,5-7H2,1H3. The molecule has 1 N–H and O–H groups in total. The molecule has 0 saturated heterocycles. The lowest BCUT2D eigenvalue weighted by molar-refractivity contribution is -0.0383. The van der Waals surface area contributed by atoms with E-state index in [1.165, 1.54) is 0 Å². The van der Waals surface area contributed by atoms with E-state index in [1.54, 1.807) is 18.6 Å². The largest absolute Gasteiger partial charge is 0.387 e. The van der Waals surface area contributed by atoms with Crippen molar-refractivity contribution in [2.45, 2.75) is 38.4 Å². The number of aliphatic hydroxyl groups is 1. The van der Waals surface area contributed by atoms with Gasteiger partial charge in [-0.15, -0.1) is 0 Å². The highest BCUT2D eigenvalue weighted by molar-refractivity contribution is 5.00. The Kier molecular flexibility index (Phi) is 3.85. The van der Waals surface area contributed by atoms with E-state index in [0.29, 0.717) is 17.7 Å². The van der Waals surface area contributed by atoms with E-state index >= 15 is 0 Å². The van der Waals surface area contributed by atoms with Crippen LogP contribution in [0.1, 0.15) is 38.0 Å². The predicted octanol–water partition coefficient (Wildman–Crippen LogP) is 1.72. The van der Waals surface area contributed by atoms with Crippen LogP contribution in [0.5, 0.6) is 0 Å². The molecule has 1 saturated carbocycles. The van der Waals surface area contributed by atoms with E-state index in [9.17, 15) is 5.11 Å². The zero-order chi connectivity index (χ0) is 11.4. The van der Waals surface area contributed by atoms with Crippen molar-refractivity contribution in [3.63, 3.8) is 0 Å². The maximum atomic E-state index is 9.93. The summed E-state index contributed by atoms with van der Waals surface area (Å²) in [5.74, 6) is 0.563. The van der Waals surface area contributed by atoms with Crippen LogP contribution in [0.4, 0.5) is 0 Å². The van der Waals surface area contributed by atoms with Gasteiger partial charge >= 0.3 is 0 Å². The quantitative estimate of drug-likeness (QED) is 0.824. The van der Waals surface area contributed by atoms with E-state index in [2.05, 4.69) is 9.97 Å². The van der Waals surface area contributed by atoms with Crippen LogP contribution in [0, 0.1) is 5.92 Å². The van der Waals surface area contributed by atoms with Gasteiger partial charge in [0.05, 0.1) is 24.1 Å². The Balaban J connectivity index is 1.75. The number of ether oxygens (including phenoxy) is 1. The van der Waals surface area contributed by atoms with Gasteiger partial charge in [0.25, 0.3) is 0 Å². The minimum absolute atomic E-state index is 0.407. The molecule has 1 atom stereocenters. The van der Waals surface area contributed by atoms with Gasteiger partial charge in [-0.2, -0.15) is 0 Å². The summed E-state index contributed by atoms with van der Waals surface area (Å²) < 4.78 is 5.49. The maximum Gasteiger partial charge on any atom is 0.0978 e. The Morgan fingerprint density at radius 2 is 2.31 bits per heavy atom. The monoisotopic (exact) mass is 222 g/mol. The van der Waals surface area contributed by atoms with Gasteiger partial charge in [-0.05, 0) is 32.1 Å². The van der Waals surface area contributed by atoms with Crippen molar-refractivity contribution in [3.8, 4) is 0 Å². The summed E-state index contributed by atoms with van der Waals surface area (Å²) in [5, 5.41) is 9.93. The van der Waals surface area contributed by atoms with Crippen molar-refractivity contribution < 1.29 is 9.84 Å². The predicted molar refractivity (Wildman–Crippen MR) is 59.7 cm³/mol. The van der Waals surface area contributed by atoms with Crippen LogP contribution in [0.25, 0.3) is 0 Å². The SMILES string of the molecule is CCOC1CC(CC(O)c2cnccn2)C1. The second-order valence-corrected chi connectivity index (χ2v) is 4.30. The normalized spacial score (nSPS) is 26.1. The average molecular weight is 222 g/mol. The van der Waals surface area contributed by atoms with Crippen LogP contribution >= 0.6 is 0 Å². The van der Waals surface area contributed by atoms with Crippen molar-refractivity contribution in [1.82, 2.24) is 9.97 Å². The van der Waals surface area contributed by atoms with E-state index in [4.69, 9.17) is 4.74 Å². The lowest BCUT2D eigenvalue weighted by atomic mass is 9.78. The van der Waals surface area contributed by atoms with Crippen LogP contribution in [0.2, 0.25) is 0 Å². The molecular formula is C12H18N2O2. The summed E-state index contributed by atoms with van der Waals surface area (Å²) in [6.45, 7) is 2.80. The minimum atomic E-state index is -0.485. The van der Waals surface area contributed by atoms with Crippen LogP contribution in [-0.4, -0.2) is 27.8 Å². The van der Waals surface area contributed by atoms with E-state index in [-0.39, 0.29) is 0 Å². The molecule has 0 radical (unpaired) electrons. The van der Waals surface area contributed by atoms with Gasteiger partial charge in [0.15, 0.2) is 0 Å². The summed E-state index contributed by atoms with van der Waals surface area (Å²) in [5.41, 5.74) is 0.669. The molecule has 0 bridgehead atoms. The summed E-state index contributed by atoms with van der Waals surface area (Å²) in [4.78, 5) is 8.06. The molecule has 2 rings (SSSR count). The Morgan fingerprint density at radius 3 is 2.94 bits per heavy atom. The molecule has 4 nitrogen and oxygen atoms in total. The molecule has 1 aromatic heterocycles. The Morgan fingerprint density at radius 1 is 1.50 bits per heavy atom. The molecule has 88 valence electrons. The fourth-order valence-corrected chi connectivity index (χ4v) is 2.16. The first-order chi connectivity index (χ1) is 7.79. The van der Waals surface area contributed by atoms with E-state index < -0.39 is 6.10 Å². The van der Waals surface area contributed by atoms with Crippen molar-refractivity contribution in [1.29, 1.82) is 0 Å². The van der Waals surface area contributed by atoms with Gasteiger partial charge in [-0.1, -0.05) is 0 Å². The van der Waals surface area contributed by atoms with Gasteiger partial charge < -0.3 is 9.84 Å². The minimum Gasteiger partial charge on any atom is -0.387 e. The molecule has 1 fully saturated rings. The molecule has 4 heteroatoms. The fourth-order valence-electron chi connectivity index (χ4n) is 2.16. The molecule has 0 aliphatic heterocycles. The molecule has 0 amide bonds. The molecule has 1 unspecified atom stereocenters. The molecule has 0 aromatic carbocycles. The molecule has 1 aromatic rings. The lowest BCUT2D eigenvalue weighted by Crippen LogP contribution is -2.32. The third kappa shape index (κ3) is 2.77. The molecular weight excluding hydrogens is 204 g/mol. The Hall–Kier alpha value is -1.00. The number of aliphatic hydroxyl groups excluding tert-OH is 1. The summed E-state index contributed by atoms with van der Waals surface area (Å²) in [7, 11) is 0.